The minimum atomic E-state index is -3.89. The summed E-state index contributed by atoms with van der Waals surface area (Å²) in [6.07, 6.45) is 0. The predicted molar refractivity (Wildman–Crippen MR) is 101 cm³/mol. The Hall–Kier alpha value is -2.46. The number of nitrogens with one attached hydrogen (secondary N) is 3. The maximum Gasteiger partial charge on any atom is 0.243 e. The molecule has 0 aliphatic heterocycles. The van der Waals surface area contributed by atoms with Crippen molar-refractivity contribution in [1.82, 2.24) is 14.9 Å². The van der Waals surface area contributed by atoms with Crippen LogP contribution in [0.5, 0.6) is 0 Å². The van der Waals surface area contributed by atoms with E-state index >= 15 is 0 Å². The normalized spacial score (nSPS) is 11.8. The van der Waals surface area contributed by atoms with Gasteiger partial charge in [-0.3, -0.25) is 14.4 Å². The van der Waals surface area contributed by atoms with Crippen molar-refractivity contribution < 1.29 is 22.8 Å². The lowest BCUT2D eigenvalue weighted by atomic mass is 10.1. The second kappa shape index (κ2) is 8.96. The quantitative estimate of drug-likeness (QED) is 0.609. The fourth-order valence-corrected chi connectivity index (χ4v) is 3.21. The summed E-state index contributed by atoms with van der Waals surface area (Å²) in [5, 5.41) is 7.61. The lowest BCUT2D eigenvalue weighted by molar-refractivity contribution is -0.126. The van der Waals surface area contributed by atoms with Gasteiger partial charge in [0.25, 0.3) is 0 Å². The molecule has 1 aromatic rings. The molecular weight excluding hydrogens is 372 g/mol. The summed E-state index contributed by atoms with van der Waals surface area (Å²) in [4.78, 5) is 34.6. The van der Waals surface area contributed by atoms with Crippen LogP contribution in [-0.4, -0.2) is 56.1 Å². The monoisotopic (exact) mass is 398 g/mol. The number of amides is 3. The maximum absolute atomic E-state index is 12.5. The number of sulfonamides is 1. The van der Waals surface area contributed by atoms with Gasteiger partial charge in [0.1, 0.15) is 0 Å². The topological polar surface area (TPSA) is 125 Å². The van der Waals surface area contributed by atoms with Crippen molar-refractivity contribution in [1.29, 1.82) is 0 Å². The standard InChI is InChI=1S/C17H26N4O5S/c1-12(22)19-13-6-8-14(9-7-13)27(25,26)21(5)11-16(24)18-10-15(23)20-17(2,3)4/h6-9H,10-11H2,1-5H3,(H,18,24)(H,19,22)(H,20,23). The molecular formula is C17H26N4O5S. The van der Waals surface area contributed by atoms with Gasteiger partial charge in [0, 0.05) is 25.2 Å². The Morgan fingerprint density at radius 3 is 2.07 bits per heavy atom. The fraction of sp³-hybridized carbons (Fsp3) is 0.471. The van der Waals surface area contributed by atoms with Gasteiger partial charge in [-0.05, 0) is 45.0 Å². The number of hydrogen-bond donors (Lipinski definition) is 3. The Bertz CT molecular complexity index is 798. The SMILES string of the molecule is CC(=O)Nc1ccc(S(=O)(=O)N(C)CC(=O)NCC(=O)NC(C)(C)C)cc1. The van der Waals surface area contributed by atoms with Crippen molar-refractivity contribution in [2.45, 2.75) is 38.1 Å². The summed E-state index contributed by atoms with van der Waals surface area (Å²) in [5.74, 6) is -1.23. The number of benzene rings is 1. The number of hydrogen-bond acceptors (Lipinski definition) is 5. The van der Waals surface area contributed by atoms with Crippen molar-refractivity contribution in [3.8, 4) is 0 Å². The molecule has 0 aliphatic rings. The Balaban J connectivity index is 2.66. The third-order valence-corrected chi connectivity index (χ3v) is 5.03. The van der Waals surface area contributed by atoms with Gasteiger partial charge in [-0.2, -0.15) is 4.31 Å². The molecule has 0 fully saturated rings. The molecule has 1 rings (SSSR count). The highest BCUT2D eigenvalue weighted by Gasteiger charge is 2.23. The van der Waals surface area contributed by atoms with Crippen molar-refractivity contribution in [2.75, 3.05) is 25.5 Å². The molecule has 0 saturated carbocycles. The second-order valence-electron chi connectivity index (χ2n) is 7.04. The molecule has 0 bridgehead atoms. The first kappa shape index (κ1) is 22.6. The molecule has 27 heavy (non-hydrogen) atoms. The average molecular weight is 398 g/mol. The Morgan fingerprint density at radius 2 is 1.59 bits per heavy atom. The number of likely N-dealkylation sites (N-methyl/N-ethyl adjacent to an activating group) is 1. The van der Waals surface area contributed by atoms with E-state index in [0.717, 1.165) is 4.31 Å². The van der Waals surface area contributed by atoms with Gasteiger partial charge >= 0.3 is 0 Å². The van der Waals surface area contributed by atoms with Crippen molar-refractivity contribution in [3.63, 3.8) is 0 Å². The van der Waals surface area contributed by atoms with Crippen LogP contribution in [-0.2, 0) is 24.4 Å². The zero-order valence-electron chi connectivity index (χ0n) is 16.1. The van der Waals surface area contributed by atoms with Gasteiger partial charge in [-0.1, -0.05) is 0 Å². The molecule has 0 saturated heterocycles. The number of nitrogens with zero attached hydrogens (tertiary/aromatic N) is 1. The first-order valence-electron chi connectivity index (χ1n) is 8.23. The molecule has 0 heterocycles. The molecule has 0 aliphatic carbocycles. The van der Waals surface area contributed by atoms with E-state index in [1.807, 2.05) is 20.8 Å². The Morgan fingerprint density at radius 1 is 1.04 bits per heavy atom. The summed E-state index contributed by atoms with van der Waals surface area (Å²) < 4.78 is 25.9. The highest BCUT2D eigenvalue weighted by Crippen LogP contribution is 2.17. The predicted octanol–water partition coefficient (Wildman–Crippen LogP) is 0.296. The van der Waals surface area contributed by atoms with Crippen LogP contribution in [0, 0.1) is 0 Å². The molecule has 3 amide bonds. The lowest BCUT2D eigenvalue weighted by Gasteiger charge is -2.21. The van der Waals surface area contributed by atoms with Crippen LogP contribution in [0.25, 0.3) is 0 Å². The highest BCUT2D eigenvalue weighted by molar-refractivity contribution is 7.89. The zero-order chi connectivity index (χ0) is 20.8. The van der Waals surface area contributed by atoms with E-state index in [9.17, 15) is 22.8 Å². The van der Waals surface area contributed by atoms with Crippen LogP contribution >= 0.6 is 0 Å². The molecule has 10 heteroatoms. The molecule has 3 N–H and O–H groups in total. The molecule has 1 aromatic carbocycles. The summed E-state index contributed by atoms with van der Waals surface area (Å²) in [7, 11) is -2.62. The van der Waals surface area contributed by atoms with Gasteiger partial charge in [0.15, 0.2) is 0 Å². The second-order valence-corrected chi connectivity index (χ2v) is 9.09. The zero-order valence-corrected chi connectivity index (χ0v) is 16.9. The lowest BCUT2D eigenvalue weighted by Crippen LogP contribution is -2.47. The molecule has 0 radical (unpaired) electrons. The van der Waals surface area contributed by atoms with Crippen LogP contribution in [0.2, 0.25) is 0 Å². The van der Waals surface area contributed by atoms with Gasteiger partial charge in [-0.15, -0.1) is 0 Å². The van der Waals surface area contributed by atoms with E-state index in [4.69, 9.17) is 0 Å². The Labute approximate surface area is 159 Å². The van der Waals surface area contributed by atoms with Crippen molar-refractivity contribution in [2.24, 2.45) is 0 Å². The maximum atomic E-state index is 12.5. The third kappa shape index (κ3) is 7.75. The average Bonchev–Trinajstić information content (AvgIpc) is 2.51. The van der Waals surface area contributed by atoms with Crippen LogP contribution in [0.3, 0.4) is 0 Å². The van der Waals surface area contributed by atoms with E-state index in [1.165, 1.54) is 38.2 Å². The van der Waals surface area contributed by atoms with Gasteiger partial charge in [0.2, 0.25) is 27.7 Å². The van der Waals surface area contributed by atoms with Crippen LogP contribution in [0.1, 0.15) is 27.7 Å². The number of rotatable bonds is 7. The van der Waals surface area contributed by atoms with E-state index in [0.29, 0.717) is 5.69 Å². The summed E-state index contributed by atoms with van der Waals surface area (Å²) >= 11 is 0. The number of carbonyl (C=O) groups excluding carboxylic acids is 3. The number of anilines is 1. The summed E-state index contributed by atoms with van der Waals surface area (Å²) in [6.45, 7) is 6.10. The molecule has 150 valence electrons. The van der Waals surface area contributed by atoms with Crippen LogP contribution in [0.15, 0.2) is 29.2 Å². The summed E-state index contributed by atoms with van der Waals surface area (Å²) in [6, 6.07) is 5.59. The van der Waals surface area contributed by atoms with Crippen molar-refractivity contribution >= 4 is 33.4 Å². The van der Waals surface area contributed by atoms with E-state index in [2.05, 4.69) is 16.0 Å². The molecule has 0 atom stereocenters. The molecule has 0 spiro atoms. The van der Waals surface area contributed by atoms with Gasteiger partial charge < -0.3 is 16.0 Å². The van der Waals surface area contributed by atoms with E-state index in [-0.39, 0.29) is 23.3 Å². The van der Waals surface area contributed by atoms with Gasteiger partial charge in [-0.25, -0.2) is 8.42 Å². The van der Waals surface area contributed by atoms with E-state index in [1.54, 1.807) is 0 Å². The first-order chi connectivity index (χ1) is 12.3. The van der Waals surface area contributed by atoms with Crippen LogP contribution in [0.4, 0.5) is 5.69 Å². The minimum Gasteiger partial charge on any atom is -0.350 e. The molecule has 9 nitrogen and oxygen atoms in total. The third-order valence-electron chi connectivity index (χ3n) is 3.21. The molecule has 0 aromatic heterocycles. The minimum absolute atomic E-state index is 0.0163. The van der Waals surface area contributed by atoms with Crippen molar-refractivity contribution in [3.05, 3.63) is 24.3 Å². The fourth-order valence-electron chi connectivity index (χ4n) is 2.08. The Kier molecular flexibility index (Phi) is 7.49. The van der Waals surface area contributed by atoms with Gasteiger partial charge in [0.05, 0.1) is 18.0 Å². The van der Waals surface area contributed by atoms with E-state index < -0.39 is 28.0 Å². The highest BCUT2D eigenvalue weighted by atomic mass is 32.2. The molecule has 0 unspecified atom stereocenters. The smallest absolute Gasteiger partial charge is 0.243 e. The first-order valence-corrected chi connectivity index (χ1v) is 9.67. The van der Waals surface area contributed by atoms with Crippen LogP contribution < -0.4 is 16.0 Å². The largest absolute Gasteiger partial charge is 0.350 e. The summed E-state index contributed by atoms with van der Waals surface area (Å²) in [5.41, 5.74) is 0.0393. The number of carbonyl (C=O) groups is 3.